The summed E-state index contributed by atoms with van der Waals surface area (Å²) in [5.74, 6) is -0.325. The molecule has 0 aliphatic carbocycles. The van der Waals surface area contributed by atoms with E-state index < -0.39 is 11.7 Å². The summed E-state index contributed by atoms with van der Waals surface area (Å²) in [7, 11) is 0. The summed E-state index contributed by atoms with van der Waals surface area (Å²) < 4.78 is 39.6. The molecule has 1 aliphatic heterocycles. The molecular formula is C16H18ClF3N4O. The maximum absolute atomic E-state index is 12.8. The van der Waals surface area contributed by atoms with Crippen LogP contribution in [0.25, 0.3) is 5.69 Å². The normalized spacial score (nSPS) is 17.6. The fraction of sp³-hybridized carbons (Fsp3) is 0.375. The van der Waals surface area contributed by atoms with E-state index in [0.717, 1.165) is 31.5 Å². The third-order valence-electron chi connectivity index (χ3n) is 3.89. The van der Waals surface area contributed by atoms with Crippen molar-refractivity contribution in [1.29, 1.82) is 0 Å². The van der Waals surface area contributed by atoms with E-state index in [0.29, 0.717) is 6.54 Å². The van der Waals surface area contributed by atoms with Gasteiger partial charge in [0.25, 0.3) is 5.91 Å². The van der Waals surface area contributed by atoms with Gasteiger partial charge in [0.05, 0.1) is 11.3 Å². The topological polar surface area (TPSA) is 59.0 Å². The molecule has 2 N–H and O–H groups in total. The lowest BCUT2D eigenvalue weighted by atomic mass is 10.1. The summed E-state index contributed by atoms with van der Waals surface area (Å²) in [6.45, 7) is 1.65. The van der Waals surface area contributed by atoms with Crippen LogP contribution in [0, 0.1) is 0 Å². The molecule has 9 heteroatoms. The highest BCUT2D eigenvalue weighted by Crippen LogP contribution is 2.30. The van der Waals surface area contributed by atoms with Gasteiger partial charge in [0.1, 0.15) is 0 Å². The minimum absolute atomic E-state index is 0. The monoisotopic (exact) mass is 374 g/mol. The molecule has 0 radical (unpaired) electrons. The van der Waals surface area contributed by atoms with Gasteiger partial charge >= 0.3 is 6.18 Å². The van der Waals surface area contributed by atoms with Gasteiger partial charge in [-0.15, -0.1) is 12.4 Å². The Morgan fingerprint density at radius 3 is 2.80 bits per heavy atom. The number of hydrogen-bond acceptors (Lipinski definition) is 3. The average Bonchev–Trinajstić information content (AvgIpc) is 3.05. The fourth-order valence-electron chi connectivity index (χ4n) is 2.65. The van der Waals surface area contributed by atoms with Crippen molar-refractivity contribution in [2.75, 3.05) is 13.1 Å². The van der Waals surface area contributed by atoms with E-state index in [2.05, 4.69) is 15.7 Å². The van der Waals surface area contributed by atoms with Gasteiger partial charge in [-0.2, -0.15) is 18.3 Å². The summed E-state index contributed by atoms with van der Waals surface area (Å²) in [5.41, 5.74) is -0.323. The zero-order valence-electron chi connectivity index (χ0n) is 13.2. The van der Waals surface area contributed by atoms with Gasteiger partial charge in [-0.1, -0.05) is 6.07 Å². The van der Waals surface area contributed by atoms with Gasteiger partial charge in [-0.3, -0.25) is 4.79 Å². The van der Waals surface area contributed by atoms with E-state index in [-0.39, 0.29) is 35.7 Å². The van der Waals surface area contributed by atoms with Gasteiger partial charge < -0.3 is 10.6 Å². The minimum Gasteiger partial charge on any atom is -0.347 e. The number of carbonyl (C=O) groups excluding carboxylic acids is 1. The third-order valence-corrected chi connectivity index (χ3v) is 3.89. The highest BCUT2D eigenvalue weighted by molar-refractivity contribution is 5.92. The van der Waals surface area contributed by atoms with Crippen LogP contribution in [0.1, 0.15) is 28.9 Å². The maximum Gasteiger partial charge on any atom is 0.416 e. The Morgan fingerprint density at radius 1 is 1.32 bits per heavy atom. The molecule has 25 heavy (non-hydrogen) atoms. The zero-order valence-corrected chi connectivity index (χ0v) is 14.0. The number of carbonyl (C=O) groups is 1. The van der Waals surface area contributed by atoms with E-state index >= 15 is 0 Å². The van der Waals surface area contributed by atoms with Crippen LogP contribution in [0.2, 0.25) is 0 Å². The van der Waals surface area contributed by atoms with E-state index in [1.54, 1.807) is 0 Å². The summed E-state index contributed by atoms with van der Waals surface area (Å²) in [6.07, 6.45) is -1.06. The van der Waals surface area contributed by atoms with Crippen LogP contribution in [0.5, 0.6) is 0 Å². The maximum atomic E-state index is 12.8. The van der Waals surface area contributed by atoms with Gasteiger partial charge in [-0.05, 0) is 43.7 Å². The minimum atomic E-state index is -4.42. The lowest BCUT2D eigenvalue weighted by Crippen LogP contribution is -2.45. The number of aromatic nitrogens is 2. The molecule has 0 saturated carbocycles. The van der Waals surface area contributed by atoms with Crippen molar-refractivity contribution in [2.24, 2.45) is 0 Å². The Morgan fingerprint density at radius 2 is 2.12 bits per heavy atom. The molecule has 5 nitrogen and oxygen atoms in total. The molecule has 1 aliphatic rings. The molecule has 0 bridgehead atoms. The van der Waals surface area contributed by atoms with Crippen molar-refractivity contribution in [3.63, 3.8) is 0 Å². The van der Waals surface area contributed by atoms with Crippen LogP contribution in [-0.4, -0.2) is 34.8 Å². The highest BCUT2D eigenvalue weighted by Gasteiger charge is 2.30. The van der Waals surface area contributed by atoms with Gasteiger partial charge in [0, 0.05) is 18.8 Å². The largest absolute Gasteiger partial charge is 0.416 e. The predicted molar refractivity (Wildman–Crippen MR) is 89.2 cm³/mol. The van der Waals surface area contributed by atoms with Crippen molar-refractivity contribution >= 4 is 18.3 Å². The highest BCUT2D eigenvalue weighted by atomic mass is 35.5. The Labute approximate surface area is 149 Å². The summed E-state index contributed by atoms with van der Waals surface area (Å²) in [4.78, 5) is 12.2. The first kappa shape index (κ1) is 19.3. The lowest BCUT2D eigenvalue weighted by Gasteiger charge is -2.23. The second-order valence-corrected chi connectivity index (χ2v) is 5.71. The molecule has 1 aromatic carbocycles. The third kappa shape index (κ3) is 4.73. The Balaban J connectivity index is 0.00000225. The first-order valence-corrected chi connectivity index (χ1v) is 7.68. The lowest BCUT2D eigenvalue weighted by molar-refractivity contribution is -0.137. The molecular weight excluding hydrogens is 357 g/mol. The summed E-state index contributed by atoms with van der Waals surface area (Å²) in [6, 6.07) is 6.36. The molecule has 0 spiro atoms. The van der Waals surface area contributed by atoms with Gasteiger partial charge in [0.2, 0.25) is 0 Å². The molecule has 2 aromatic rings. The number of hydrogen-bond donors (Lipinski definition) is 2. The Bertz CT molecular complexity index is 726. The van der Waals surface area contributed by atoms with Crippen LogP contribution < -0.4 is 10.6 Å². The van der Waals surface area contributed by atoms with Crippen molar-refractivity contribution in [2.45, 2.75) is 25.1 Å². The van der Waals surface area contributed by atoms with E-state index in [1.165, 1.54) is 29.1 Å². The van der Waals surface area contributed by atoms with Crippen molar-refractivity contribution in [1.82, 2.24) is 20.4 Å². The van der Waals surface area contributed by atoms with Crippen LogP contribution in [0.15, 0.2) is 36.5 Å². The number of benzene rings is 1. The smallest absolute Gasteiger partial charge is 0.347 e. The SMILES string of the molecule is Cl.O=C(NC1CCCNC1)c1ccn(-c2cccc(C(F)(F)F)c2)n1. The summed E-state index contributed by atoms with van der Waals surface area (Å²) >= 11 is 0. The standard InChI is InChI=1S/C16H17F3N4O.ClH/c17-16(18,19)11-3-1-5-13(9-11)23-8-6-14(22-23)15(24)21-12-4-2-7-20-10-12;/h1,3,5-6,8-9,12,20H,2,4,7,10H2,(H,21,24);1H. The zero-order chi connectivity index (χ0) is 17.2. The molecule has 1 unspecified atom stereocenters. The van der Waals surface area contributed by atoms with Gasteiger partial charge in [-0.25, -0.2) is 4.68 Å². The Kier molecular flexibility index (Phi) is 6.07. The molecule has 1 fully saturated rings. The average molecular weight is 375 g/mol. The second kappa shape index (κ2) is 7.88. The van der Waals surface area contributed by atoms with E-state index in [4.69, 9.17) is 0 Å². The Hall–Kier alpha value is -2.06. The fourth-order valence-corrected chi connectivity index (χ4v) is 2.65. The molecule has 1 aromatic heterocycles. The van der Waals surface area contributed by atoms with E-state index in [1.807, 2.05) is 0 Å². The van der Waals surface area contributed by atoms with E-state index in [9.17, 15) is 18.0 Å². The van der Waals surface area contributed by atoms with Crippen LogP contribution in [-0.2, 0) is 6.18 Å². The second-order valence-electron chi connectivity index (χ2n) is 5.71. The molecule has 1 saturated heterocycles. The van der Waals surface area contributed by atoms with Crippen molar-refractivity contribution < 1.29 is 18.0 Å². The number of halogens is 4. The first-order chi connectivity index (χ1) is 11.4. The number of alkyl halides is 3. The number of nitrogens with zero attached hydrogens (tertiary/aromatic N) is 2. The van der Waals surface area contributed by atoms with Crippen LogP contribution in [0.3, 0.4) is 0 Å². The number of piperidine rings is 1. The molecule has 136 valence electrons. The first-order valence-electron chi connectivity index (χ1n) is 7.68. The van der Waals surface area contributed by atoms with Crippen LogP contribution in [0.4, 0.5) is 13.2 Å². The molecule has 2 heterocycles. The predicted octanol–water partition coefficient (Wildman–Crippen LogP) is 2.79. The molecule has 3 rings (SSSR count). The van der Waals surface area contributed by atoms with Gasteiger partial charge in [0.15, 0.2) is 5.69 Å². The number of rotatable bonds is 3. The van der Waals surface area contributed by atoms with Crippen molar-refractivity contribution in [3.8, 4) is 5.69 Å². The van der Waals surface area contributed by atoms with Crippen LogP contribution >= 0.6 is 12.4 Å². The quantitative estimate of drug-likeness (QED) is 0.868. The summed E-state index contributed by atoms with van der Waals surface area (Å²) in [5, 5.41) is 10.2. The van der Waals surface area contributed by atoms with Crippen molar-refractivity contribution in [3.05, 3.63) is 47.8 Å². The number of nitrogens with one attached hydrogen (secondary N) is 2. The number of amides is 1. The molecule has 1 amide bonds. The molecule has 1 atom stereocenters.